The van der Waals surface area contributed by atoms with Crippen LogP contribution in [0.4, 0.5) is 11.4 Å². The third-order valence-corrected chi connectivity index (χ3v) is 7.39. The lowest BCUT2D eigenvalue weighted by Crippen LogP contribution is -2.26. The predicted molar refractivity (Wildman–Crippen MR) is 112 cm³/mol. The summed E-state index contributed by atoms with van der Waals surface area (Å²) in [4.78, 5) is 25.0. The molecule has 2 amide bonds. The Morgan fingerprint density at radius 1 is 1.18 bits per heavy atom. The topological polar surface area (TPSA) is 92.3 Å². The van der Waals surface area contributed by atoms with E-state index < -0.39 is 9.84 Å². The lowest BCUT2D eigenvalue weighted by molar-refractivity contribution is -0.116. The van der Waals surface area contributed by atoms with E-state index in [-0.39, 0.29) is 34.1 Å². The van der Waals surface area contributed by atoms with Crippen molar-refractivity contribution in [1.29, 1.82) is 0 Å². The molecule has 0 spiro atoms. The minimum Gasteiger partial charge on any atom is -0.326 e. The van der Waals surface area contributed by atoms with E-state index in [2.05, 4.69) is 10.6 Å². The molecule has 2 aromatic carbocycles. The average molecular weight is 419 g/mol. The van der Waals surface area contributed by atoms with Crippen LogP contribution in [0.2, 0.25) is 0 Å². The highest BCUT2D eigenvalue weighted by Gasteiger charge is 2.25. The van der Waals surface area contributed by atoms with Crippen LogP contribution < -0.4 is 10.6 Å². The van der Waals surface area contributed by atoms with Crippen molar-refractivity contribution >= 4 is 44.8 Å². The summed E-state index contributed by atoms with van der Waals surface area (Å²) in [6.45, 7) is 5.65. The SMILES string of the molecule is Cc1ccc(NC(=O)CCS(=O)(=O)c2ccc3c(c2)NC(=O)[C@H](C)S3)c(C)c1. The van der Waals surface area contributed by atoms with Crippen LogP contribution in [-0.2, 0) is 19.4 Å². The van der Waals surface area contributed by atoms with E-state index in [0.29, 0.717) is 11.4 Å². The van der Waals surface area contributed by atoms with Gasteiger partial charge >= 0.3 is 0 Å². The van der Waals surface area contributed by atoms with Gasteiger partial charge in [0.2, 0.25) is 11.8 Å². The molecule has 0 aliphatic carbocycles. The van der Waals surface area contributed by atoms with Crippen LogP contribution in [0.5, 0.6) is 0 Å². The Hall–Kier alpha value is -2.32. The maximum absolute atomic E-state index is 12.6. The number of fused-ring (bicyclic) bond motifs is 1. The number of carbonyl (C=O) groups excluding carboxylic acids is 2. The maximum Gasteiger partial charge on any atom is 0.237 e. The number of rotatable bonds is 5. The Morgan fingerprint density at radius 3 is 2.64 bits per heavy atom. The smallest absolute Gasteiger partial charge is 0.237 e. The molecule has 0 bridgehead atoms. The molecule has 1 aliphatic heterocycles. The molecular formula is C20H22N2O4S2. The van der Waals surface area contributed by atoms with Gasteiger partial charge in [0.15, 0.2) is 9.84 Å². The first-order valence-corrected chi connectivity index (χ1v) is 11.4. The predicted octanol–water partition coefficient (Wildman–Crippen LogP) is 3.54. The molecule has 2 aromatic rings. The van der Waals surface area contributed by atoms with E-state index in [0.717, 1.165) is 16.0 Å². The molecule has 0 aromatic heterocycles. The highest BCUT2D eigenvalue weighted by Crippen LogP contribution is 2.36. The number of aryl methyl sites for hydroxylation is 2. The van der Waals surface area contributed by atoms with E-state index in [1.54, 1.807) is 13.0 Å². The summed E-state index contributed by atoms with van der Waals surface area (Å²) in [5.74, 6) is -0.814. The summed E-state index contributed by atoms with van der Waals surface area (Å²) in [6.07, 6.45) is -0.148. The molecule has 8 heteroatoms. The van der Waals surface area contributed by atoms with Gasteiger partial charge in [-0.05, 0) is 50.6 Å². The third-order valence-electron chi connectivity index (χ3n) is 4.49. The van der Waals surface area contributed by atoms with Gasteiger partial charge in [0, 0.05) is 17.0 Å². The number of anilines is 2. The molecule has 3 rings (SSSR count). The lowest BCUT2D eigenvalue weighted by atomic mass is 10.1. The summed E-state index contributed by atoms with van der Waals surface area (Å²) >= 11 is 1.39. The minimum absolute atomic E-state index is 0.0982. The molecule has 0 fully saturated rings. The molecular weight excluding hydrogens is 396 g/mol. The second-order valence-electron chi connectivity index (χ2n) is 6.84. The molecule has 2 N–H and O–H groups in total. The van der Waals surface area contributed by atoms with Crippen LogP contribution in [0.3, 0.4) is 0 Å². The number of thioether (sulfide) groups is 1. The molecule has 28 heavy (non-hydrogen) atoms. The summed E-state index contributed by atoms with van der Waals surface area (Å²) in [6, 6.07) is 10.3. The van der Waals surface area contributed by atoms with Crippen LogP contribution in [0.15, 0.2) is 46.2 Å². The van der Waals surface area contributed by atoms with Gasteiger partial charge in [0.1, 0.15) is 0 Å². The molecule has 0 unspecified atom stereocenters. The van der Waals surface area contributed by atoms with Gasteiger partial charge in [0.25, 0.3) is 0 Å². The van der Waals surface area contributed by atoms with Gasteiger partial charge < -0.3 is 10.6 Å². The normalized spacial score (nSPS) is 16.2. The van der Waals surface area contributed by atoms with E-state index in [4.69, 9.17) is 0 Å². The van der Waals surface area contributed by atoms with Crippen LogP contribution in [0, 0.1) is 13.8 Å². The molecule has 1 atom stereocenters. The summed E-state index contributed by atoms with van der Waals surface area (Å²) in [5.41, 5.74) is 3.18. The highest BCUT2D eigenvalue weighted by molar-refractivity contribution is 8.01. The Morgan fingerprint density at radius 2 is 1.93 bits per heavy atom. The number of benzene rings is 2. The first kappa shape index (κ1) is 20.4. The molecule has 1 aliphatic rings. The van der Waals surface area contributed by atoms with Gasteiger partial charge in [-0.2, -0.15) is 0 Å². The maximum atomic E-state index is 12.6. The van der Waals surface area contributed by atoms with E-state index >= 15 is 0 Å². The summed E-state index contributed by atoms with van der Waals surface area (Å²) < 4.78 is 25.3. The first-order valence-electron chi connectivity index (χ1n) is 8.87. The van der Waals surface area contributed by atoms with E-state index in [1.165, 1.54) is 23.9 Å². The van der Waals surface area contributed by atoms with E-state index in [9.17, 15) is 18.0 Å². The minimum atomic E-state index is -3.65. The fourth-order valence-corrected chi connectivity index (χ4v) is 5.09. The Kier molecular flexibility index (Phi) is 5.81. The van der Waals surface area contributed by atoms with Crippen molar-refractivity contribution in [2.24, 2.45) is 0 Å². The van der Waals surface area contributed by atoms with Gasteiger partial charge in [-0.15, -0.1) is 11.8 Å². The van der Waals surface area contributed by atoms with Crippen molar-refractivity contribution in [3.63, 3.8) is 0 Å². The molecule has 6 nitrogen and oxygen atoms in total. The molecule has 148 valence electrons. The van der Waals surface area contributed by atoms with Crippen molar-refractivity contribution < 1.29 is 18.0 Å². The fraction of sp³-hybridized carbons (Fsp3) is 0.300. The molecule has 0 radical (unpaired) electrons. The van der Waals surface area contributed by atoms with Crippen LogP contribution >= 0.6 is 11.8 Å². The summed E-state index contributed by atoms with van der Waals surface area (Å²) in [7, 11) is -3.65. The van der Waals surface area contributed by atoms with Crippen LogP contribution in [-0.4, -0.2) is 31.2 Å². The number of carbonyl (C=O) groups is 2. The van der Waals surface area contributed by atoms with Crippen LogP contribution in [0.25, 0.3) is 0 Å². The molecule has 0 saturated heterocycles. The Labute approximate surface area is 169 Å². The summed E-state index contributed by atoms with van der Waals surface area (Å²) in [5, 5.41) is 5.27. The number of amides is 2. The second-order valence-corrected chi connectivity index (χ2v) is 10.3. The first-order chi connectivity index (χ1) is 13.2. The standard InChI is InChI=1S/C20H22N2O4S2/c1-12-4-6-16(13(2)10-12)21-19(23)8-9-28(25,26)15-5-7-18-17(11-15)22-20(24)14(3)27-18/h4-7,10-11,14H,8-9H2,1-3H3,(H,21,23)(H,22,24)/t14-/m0/s1. The van der Waals surface area contributed by atoms with Gasteiger partial charge in [-0.1, -0.05) is 17.7 Å². The van der Waals surface area contributed by atoms with Crippen molar-refractivity contribution in [1.82, 2.24) is 0 Å². The van der Waals surface area contributed by atoms with Gasteiger partial charge in [-0.3, -0.25) is 9.59 Å². The van der Waals surface area contributed by atoms with Crippen molar-refractivity contribution in [3.05, 3.63) is 47.5 Å². The molecule has 0 saturated carbocycles. The van der Waals surface area contributed by atoms with Crippen molar-refractivity contribution in [2.45, 2.75) is 42.2 Å². The van der Waals surface area contributed by atoms with Crippen molar-refractivity contribution in [2.75, 3.05) is 16.4 Å². The lowest BCUT2D eigenvalue weighted by Gasteiger charge is -2.21. The van der Waals surface area contributed by atoms with Gasteiger partial charge in [-0.25, -0.2) is 8.42 Å². The number of nitrogens with one attached hydrogen (secondary N) is 2. The molecule has 1 heterocycles. The number of sulfone groups is 1. The quantitative estimate of drug-likeness (QED) is 0.775. The van der Waals surface area contributed by atoms with Crippen molar-refractivity contribution in [3.8, 4) is 0 Å². The van der Waals surface area contributed by atoms with Gasteiger partial charge in [0.05, 0.1) is 21.6 Å². The zero-order chi connectivity index (χ0) is 20.5. The number of hydrogen-bond acceptors (Lipinski definition) is 5. The Balaban J connectivity index is 1.68. The zero-order valence-electron chi connectivity index (χ0n) is 15.9. The second kappa shape index (κ2) is 7.97. The zero-order valence-corrected chi connectivity index (χ0v) is 17.5. The fourth-order valence-electron chi connectivity index (χ4n) is 2.89. The average Bonchev–Trinajstić information content (AvgIpc) is 2.63. The Bertz CT molecular complexity index is 1050. The van der Waals surface area contributed by atoms with E-state index in [1.807, 2.05) is 32.0 Å². The monoisotopic (exact) mass is 418 g/mol. The largest absolute Gasteiger partial charge is 0.326 e. The third kappa shape index (κ3) is 4.56. The number of hydrogen-bond donors (Lipinski definition) is 2. The highest BCUT2D eigenvalue weighted by atomic mass is 32.2. The van der Waals surface area contributed by atoms with Crippen LogP contribution in [0.1, 0.15) is 24.5 Å².